The van der Waals surface area contributed by atoms with E-state index in [1.807, 2.05) is 37.3 Å². The van der Waals surface area contributed by atoms with E-state index >= 15 is 0 Å². The molecule has 0 aliphatic carbocycles. The first-order valence-electron chi connectivity index (χ1n) is 8.27. The molecule has 2 rings (SSSR count). The lowest BCUT2D eigenvalue weighted by molar-refractivity contribution is -0.118. The van der Waals surface area contributed by atoms with Gasteiger partial charge in [-0.05, 0) is 48.7 Å². The summed E-state index contributed by atoms with van der Waals surface area (Å²) in [6.45, 7) is 6.68. The first-order valence-corrected chi connectivity index (χ1v) is 8.27. The average molecular weight is 340 g/mol. The monoisotopic (exact) mass is 340 g/mol. The molecule has 25 heavy (non-hydrogen) atoms. The Morgan fingerprint density at radius 2 is 1.92 bits per heavy atom. The lowest BCUT2D eigenvalue weighted by atomic mass is 10.1. The van der Waals surface area contributed by atoms with Gasteiger partial charge in [-0.3, -0.25) is 4.79 Å². The van der Waals surface area contributed by atoms with Gasteiger partial charge in [-0.2, -0.15) is 5.10 Å². The van der Waals surface area contributed by atoms with E-state index in [1.54, 1.807) is 6.21 Å². The quantitative estimate of drug-likeness (QED) is 0.453. The second kappa shape index (κ2) is 9.47. The average Bonchev–Trinajstić information content (AvgIpc) is 2.57. The van der Waals surface area contributed by atoms with Gasteiger partial charge in [0.2, 0.25) is 5.91 Å². The molecule has 0 aliphatic rings. The van der Waals surface area contributed by atoms with E-state index in [0.29, 0.717) is 13.2 Å². The van der Waals surface area contributed by atoms with Gasteiger partial charge in [0.15, 0.2) is 0 Å². The van der Waals surface area contributed by atoms with Gasteiger partial charge in [0, 0.05) is 13.3 Å². The number of hydrazone groups is 1. The molecule has 0 bridgehead atoms. The van der Waals surface area contributed by atoms with E-state index in [1.165, 1.54) is 12.5 Å². The zero-order valence-corrected chi connectivity index (χ0v) is 14.9. The fourth-order valence-electron chi connectivity index (χ4n) is 2.18. The molecular formula is C20H24N2O3. The molecule has 2 aromatic carbocycles. The van der Waals surface area contributed by atoms with Crippen molar-refractivity contribution < 1.29 is 14.3 Å². The van der Waals surface area contributed by atoms with Crippen LogP contribution >= 0.6 is 0 Å². The molecule has 2 aromatic rings. The van der Waals surface area contributed by atoms with Crippen LogP contribution in [0, 0.1) is 13.8 Å². The molecule has 0 unspecified atom stereocenters. The highest BCUT2D eigenvalue weighted by Gasteiger charge is 2.00. The van der Waals surface area contributed by atoms with Gasteiger partial charge < -0.3 is 9.47 Å². The normalized spacial score (nSPS) is 10.7. The molecule has 0 heterocycles. The molecule has 1 N–H and O–H groups in total. The van der Waals surface area contributed by atoms with Gasteiger partial charge in [0.1, 0.15) is 11.5 Å². The topological polar surface area (TPSA) is 59.9 Å². The summed E-state index contributed by atoms with van der Waals surface area (Å²) in [5.74, 6) is 1.49. The Morgan fingerprint density at radius 1 is 1.12 bits per heavy atom. The number of hydrogen-bond donors (Lipinski definition) is 1. The molecule has 132 valence electrons. The number of carbonyl (C=O) groups is 1. The number of ether oxygens (including phenoxy) is 2. The van der Waals surface area contributed by atoms with Crippen molar-refractivity contribution in [3.63, 3.8) is 0 Å². The summed E-state index contributed by atoms with van der Waals surface area (Å²) in [4.78, 5) is 10.8. The molecule has 0 aromatic heterocycles. The second-order valence-electron chi connectivity index (χ2n) is 5.82. The van der Waals surface area contributed by atoms with E-state index in [2.05, 4.69) is 29.6 Å². The van der Waals surface area contributed by atoms with Crippen LogP contribution in [0.3, 0.4) is 0 Å². The highest BCUT2D eigenvalue weighted by atomic mass is 16.5. The molecule has 0 aliphatic heterocycles. The fourth-order valence-corrected chi connectivity index (χ4v) is 2.18. The van der Waals surface area contributed by atoms with Crippen LogP contribution in [0.15, 0.2) is 47.6 Å². The van der Waals surface area contributed by atoms with Crippen LogP contribution < -0.4 is 14.9 Å². The van der Waals surface area contributed by atoms with Crippen LogP contribution in [0.5, 0.6) is 11.5 Å². The highest BCUT2D eigenvalue weighted by Crippen LogP contribution is 2.19. The zero-order valence-electron chi connectivity index (χ0n) is 14.9. The third-order valence-electron chi connectivity index (χ3n) is 3.45. The minimum Gasteiger partial charge on any atom is -0.493 e. The molecule has 5 nitrogen and oxygen atoms in total. The minimum absolute atomic E-state index is 0.201. The second-order valence-corrected chi connectivity index (χ2v) is 5.82. The molecule has 0 radical (unpaired) electrons. The van der Waals surface area contributed by atoms with Gasteiger partial charge in [-0.25, -0.2) is 5.43 Å². The van der Waals surface area contributed by atoms with Crippen molar-refractivity contribution in [2.24, 2.45) is 5.10 Å². The molecule has 0 spiro atoms. The third kappa shape index (κ3) is 6.67. The lowest BCUT2D eigenvalue weighted by Gasteiger charge is -2.11. The molecule has 0 atom stereocenters. The largest absolute Gasteiger partial charge is 0.493 e. The molecule has 0 saturated carbocycles. The lowest BCUT2D eigenvalue weighted by Crippen LogP contribution is -2.12. The number of nitrogens with one attached hydrogen (secondary N) is 1. The van der Waals surface area contributed by atoms with E-state index < -0.39 is 0 Å². The maximum Gasteiger partial charge on any atom is 0.236 e. The Kier molecular flexibility index (Phi) is 7.01. The summed E-state index contributed by atoms with van der Waals surface area (Å²) in [5.41, 5.74) is 5.56. The summed E-state index contributed by atoms with van der Waals surface area (Å²) in [6.07, 6.45) is 2.37. The zero-order chi connectivity index (χ0) is 18.1. The van der Waals surface area contributed by atoms with E-state index in [-0.39, 0.29) is 5.91 Å². The Balaban J connectivity index is 1.75. The smallest absolute Gasteiger partial charge is 0.236 e. The van der Waals surface area contributed by atoms with Gasteiger partial charge >= 0.3 is 0 Å². The fraction of sp³-hybridized carbons (Fsp3) is 0.300. The van der Waals surface area contributed by atoms with Crippen molar-refractivity contribution >= 4 is 12.1 Å². The number of amides is 1. The van der Waals surface area contributed by atoms with Crippen molar-refractivity contribution in [1.29, 1.82) is 0 Å². The summed E-state index contributed by atoms with van der Waals surface area (Å²) >= 11 is 0. The van der Waals surface area contributed by atoms with Crippen molar-refractivity contribution in [3.05, 3.63) is 59.2 Å². The number of rotatable bonds is 8. The van der Waals surface area contributed by atoms with E-state index in [4.69, 9.17) is 9.47 Å². The molecule has 0 fully saturated rings. The van der Waals surface area contributed by atoms with Crippen LogP contribution in [-0.4, -0.2) is 25.3 Å². The highest BCUT2D eigenvalue weighted by molar-refractivity contribution is 5.82. The first kappa shape index (κ1) is 18.5. The number of hydrogen-bond acceptors (Lipinski definition) is 4. The summed E-state index contributed by atoms with van der Waals surface area (Å²) in [6, 6.07) is 13.7. The Morgan fingerprint density at radius 3 is 2.72 bits per heavy atom. The van der Waals surface area contributed by atoms with Crippen LogP contribution in [0.1, 0.15) is 30.0 Å². The maximum absolute atomic E-state index is 10.8. The van der Waals surface area contributed by atoms with E-state index in [0.717, 1.165) is 29.0 Å². The van der Waals surface area contributed by atoms with Crippen LogP contribution in [0.25, 0.3) is 0 Å². The predicted molar refractivity (Wildman–Crippen MR) is 99.4 cm³/mol. The molecular weight excluding hydrogens is 316 g/mol. The number of benzene rings is 2. The Labute approximate surface area is 148 Å². The van der Waals surface area contributed by atoms with Crippen LogP contribution in [0.4, 0.5) is 0 Å². The standard InChI is InChI=1S/C20H24N2O3/c1-15-8-9-16(2)20(12-15)25-11-5-10-24-19-7-4-6-18(13-19)14-21-22-17(3)23/h4,6-9,12-14H,5,10-11H2,1-3H3,(H,22,23). The number of nitrogens with zero attached hydrogens (tertiary/aromatic N) is 1. The van der Waals surface area contributed by atoms with Crippen molar-refractivity contribution in [3.8, 4) is 11.5 Å². The van der Waals surface area contributed by atoms with Crippen molar-refractivity contribution in [1.82, 2.24) is 5.43 Å². The number of aryl methyl sites for hydroxylation is 2. The van der Waals surface area contributed by atoms with Gasteiger partial charge in [-0.1, -0.05) is 24.3 Å². The first-order chi connectivity index (χ1) is 12.0. The molecule has 5 heteroatoms. The van der Waals surface area contributed by atoms with Gasteiger partial charge in [-0.15, -0.1) is 0 Å². The van der Waals surface area contributed by atoms with Crippen molar-refractivity contribution in [2.45, 2.75) is 27.2 Å². The van der Waals surface area contributed by atoms with Gasteiger partial charge in [0.05, 0.1) is 19.4 Å². The SMILES string of the molecule is CC(=O)NN=Cc1cccc(OCCCOc2cc(C)ccc2C)c1. The molecule has 0 saturated heterocycles. The van der Waals surface area contributed by atoms with Gasteiger partial charge in [0.25, 0.3) is 0 Å². The Bertz CT molecular complexity index is 741. The summed E-state index contributed by atoms with van der Waals surface area (Å²) in [5, 5.41) is 3.84. The van der Waals surface area contributed by atoms with Crippen molar-refractivity contribution in [2.75, 3.05) is 13.2 Å². The van der Waals surface area contributed by atoms with Crippen LogP contribution in [-0.2, 0) is 4.79 Å². The summed E-state index contributed by atoms with van der Waals surface area (Å²) < 4.78 is 11.6. The maximum atomic E-state index is 10.8. The minimum atomic E-state index is -0.201. The Hall–Kier alpha value is -2.82. The van der Waals surface area contributed by atoms with E-state index in [9.17, 15) is 4.79 Å². The summed E-state index contributed by atoms with van der Waals surface area (Å²) in [7, 11) is 0. The third-order valence-corrected chi connectivity index (χ3v) is 3.45. The molecule has 1 amide bonds. The predicted octanol–water partition coefficient (Wildman–Crippen LogP) is 3.62. The number of carbonyl (C=O) groups excluding carboxylic acids is 1. The van der Waals surface area contributed by atoms with Crippen LogP contribution in [0.2, 0.25) is 0 Å².